The summed E-state index contributed by atoms with van der Waals surface area (Å²) >= 11 is 0. The van der Waals surface area contributed by atoms with Crippen molar-refractivity contribution >= 4 is 17.6 Å². The fourth-order valence-electron chi connectivity index (χ4n) is 2.12. The Balaban J connectivity index is 2.10. The Hall–Kier alpha value is -1.88. The van der Waals surface area contributed by atoms with Crippen molar-refractivity contribution < 1.29 is 19.8 Å². The standard InChI is InChI=1S/C13H15NO4/c15-8-10-5-12(16)14(7-10)11-3-1-9(2-4-11)6-13(17)18/h1-4,10,15H,5-8H2,(H,17,18). The summed E-state index contributed by atoms with van der Waals surface area (Å²) in [6, 6.07) is 6.91. The molecule has 0 saturated carbocycles. The van der Waals surface area contributed by atoms with Crippen LogP contribution in [-0.4, -0.2) is 35.2 Å². The van der Waals surface area contributed by atoms with Crippen LogP contribution in [0.3, 0.4) is 0 Å². The first kappa shape index (κ1) is 12.6. The summed E-state index contributed by atoms with van der Waals surface area (Å²) in [7, 11) is 0. The molecule has 5 nitrogen and oxygen atoms in total. The number of carboxylic acids is 1. The summed E-state index contributed by atoms with van der Waals surface area (Å²) < 4.78 is 0. The highest BCUT2D eigenvalue weighted by Crippen LogP contribution is 2.25. The largest absolute Gasteiger partial charge is 0.481 e. The number of amides is 1. The highest BCUT2D eigenvalue weighted by atomic mass is 16.4. The number of benzene rings is 1. The van der Waals surface area contributed by atoms with Gasteiger partial charge in [-0.1, -0.05) is 12.1 Å². The van der Waals surface area contributed by atoms with Crippen LogP contribution in [0.25, 0.3) is 0 Å². The van der Waals surface area contributed by atoms with Gasteiger partial charge in [0.25, 0.3) is 0 Å². The van der Waals surface area contributed by atoms with Crippen LogP contribution in [0.2, 0.25) is 0 Å². The third kappa shape index (κ3) is 2.68. The molecule has 18 heavy (non-hydrogen) atoms. The zero-order valence-electron chi connectivity index (χ0n) is 9.87. The van der Waals surface area contributed by atoms with Crippen LogP contribution >= 0.6 is 0 Å². The van der Waals surface area contributed by atoms with Crippen molar-refractivity contribution in [1.82, 2.24) is 0 Å². The maximum absolute atomic E-state index is 11.7. The number of carbonyl (C=O) groups excluding carboxylic acids is 1. The van der Waals surface area contributed by atoms with E-state index >= 15 is 0 Å². The lowest BCUT2D eigenvalue weighted by Crippen LogP contribution is -2.24. The third-order valence-corrected chi connectivity index (χ3v) is 3.07. The zero-order valence-corrected chi connectivity index (χ0v) is 9.87. The SMILES string of the molecule is O=C(O)Cc1ccc(N2CC(CO)CC2=O)cc1. The molecule has 2 N–H and O–H groups in total. The molecule has 0 radical (unpaired) electrons. The van der Waals surface area contributed by atoms with Gasteiger partial charge in [0.15, 0.2) is 0 Å². The van der Waals surface area contributed by atoms with Gasteiger partial charge in [0, 0.05) is 31.2 Å². The maximum Gasteiger partial charge on any atom is 0.307 e. The van der Waals surface area contributed by atoms with Gasteiger partial charge in [-0.05, 0) is 17.7 Å². The number of carbonyl (C=O) groups is 2. The van der Waals surface area contributed by atoms with E-state index in [0.29, 0.717) is 18.5 Å². The number of hydrogen-bond acceptors (Lipinski definition) is 3. The number of anilines is 1. The molecule has 1 aromatic rings. The second kappa shape index (κ2) is 5.18. The molecular formula is C13H15NO4. The quantitative estimate of drug-likeness (QED) is 0.821. The molecule has 5 heteroatoms. The van der Waals surface area contributed by atoms with Crippen molar-refractivity contribution in [2.45, 2.75) is 12.8 Å². The second-order valence-electron chi connectivity index (χ2n) is 4.49. The number of rotatable bonds is 4. The maximum atomic E-state index is 11.7. The van der Waals surface area contributed by atoms with Gasteiger partial charge in [-0.2, -0.15) is 0 Å². The Kier molecular flexibility index (Phi) is 3.62. The molecule has 0 aromatic heterocycles. The van der Waals surface area contributed by atoms with Gasteiger partial charge in [-0.25, -0.2) is 0 Å². The molecule has 1 heterocycles. The predicted octanol–water partition coefficient (Wildman–Crippen LogP) is 0.659. The van der Waals surface area contributed by atoms with Crippen molar-refractivity contribution in [3.05, 3.63) is 29.8 Å². The van der Waals surface area contributed by atoms with Gasteiger partial charge in [-0.3, -0.25) is 9.59 Å². The van der Waals surface area contributed by atoms with Crippen molar-refractivity contribution in [1.29, 1.82) is 0 Å². The van der Waals surface area contributed by atoms with Crippen LogP contribution in [0.15, 0.2) is 24.3 Å². The highest BCUT2D eigenvalue weighted by Gasteiger charge is 2.29. The van der Waals surface area contributed by atoms with E-state index in [1.807, 2.05) is 0 Å². The van der Waals surface area contributed by atoms with Crippen molar-refractivity contribution in [2.75, 3.05) is 18.1 Å². The average Bonchev–Trinajstić information content (AvgIpc) is 2.71. The van der Waals surface area contributed by atoms with E-state index in [0.717, 1.165) is 5.69 Å². The molecule has 0 spiro atoms. The Labute approximate surface area is 105 Å². The molecule has 1 atom stereocenters. The Morgan fingerprint density at radius 1 is 1.33 bits per heavy atom. The topological polar surface area (TPSA) is 77.8 Å². The Bertz CT molecular complexity index is 455. The summed E-state index contributed by atoms with van der Waals surface area (Å²) in [6.45, 7) is 0.535. The molecule has 1 fully saturated rings. The van der Waals surface area contributed by atoms with Crippen LogP contribution in [0, 0.1) is 5.92 Å². The van der Waals surface area contributed by atoms with Crippen molar-refractivity contribution in [2.24, 2.45) is 5.92 Å². The van der Waals surface area contributed by atoms with E-state index in [9.17, 15) is 9.59 Å². The van der Waals surface area contributed by atoms with Crippen LogP contribution in [0.5, 0.6) is 0 Å². The number of hydrogen-bond donors (Lipinski definition) is 2. The minimum Gasteiger partial charge on any atom is -0.481 e. The van der Waals surface area contributed by atoms with Gasteiger partial charge in [0.2, 0.25) is 5.91 Å². The monoisotopic (exact) mass is 249 g/mol. The molecule has 1 aromatic carbocycles. The van der Waals surface area contributed by atoms with Crippen LogP contribution in [0.1, 0.15) is 12.0 Å². The van der Waals surface area contributed by atoms with E-state index < -0.39 is 5.97 Å². The van der Waals surface area contributed by atoms with Gasteiger partial charge >= 0.3 is 5.97 Å². The Morgan fingerprint density at radius 3 is 2.50 bits per heavy atom. The molecule has 1 saturated heterocycles. The first-order valence-electron chi connectivity index (χ1n) is 5.82. The fourth-order valence-corrected chi connectivity index (χ4v) is 2.12. The van der Waals surface area contributed by atoms with Crippen LogP contribution < -0.4 is 4.90 Å². The normalized spacial score (nSPS) is 19.3. The summed E-state index contributed by atoms with van der Waals surface area (Å²) in [4.78, 5) is 23.9. The fraction of sp³-hybridized carbons (Fsp3) is 0.385. The lowest BCUT2D eigenvalue weighted by atomic mass is 10.1. The molecule has 1 aliphatic heterocycles. The van der Waals surface area contributed by atoms with E-state index in [4.69, 9.17) is 10.2 Å². The van der Waals surface area contributed by atoms with Gasteiger partial charge < -0.3 is 15.1 Å². The first-order chi connectivity index (χ1) is 8.60. The molecule has 96 valence electrons. The molecule has 0 bridgehead atoms. The smallest absolute Gasteiger partial charge is 0.307 e. The van der Waals surface area contributed by atoms with E-state index in [1.165, 1.54) is 0 Å². The van der Waals surface area contributed by atoms with Crippen molar-refractivity contribution in [3.8, 4) is 0 Å². The summed E-state index contributed by atoms with van der Waals surface area (Å²) in [5, 5.41) is 17.7. The second-order valence-corrected chi connectivity index (χ2v) is 4.49. The molecular weight excluding hydrogens is 234 g/mol. The summed E-state index contributed by atoms with van der Waals surface area (Å²) in [5.41, 5.74) is 1.46. The third-order valence-electron chi connectivity index (χ3n) is 3.07. The first-order valence-corrected chi connectivity index (χ1v) is 5.82. The molecule has 1 amide bonds. The average molecular weight is 249 g/mol. The summed E-state index contributed by atoms with van der Waals surface area (Å²) in [6.07, 6.45) is 0.348. The van der Waals surface area contributed by atoms with Crippen LogP contribution in [0.4, 0.5) is 5.69 Å². The van der Waals surface area contributed by atoms with Gasteiger partial charge in [0.05, 0.1) is 6.42 Å². The number of carboxylic acid groups (broad SMARTS) is 1. The van der Waals surface area contributed by atoms with Crippen molar-refractivity contribution in [3.63, 3.8) is 0 Å². The van der Waals surface area contributed by atoms with E-state index in [-0.39, 0.29) is 24.9 Å². The number of aliphatic hydroxyl groups is 1. The zero-order chi connectivity index (χ0) is 13.1. The summed E-state index contributed by atoms with van der Waals surface area (Å²) in [5.74, 6) is -0.878. The molecule has 1 aliphatic rings. The van der Waals surface area contributed by atoms with E-state index in [2.05, 4.69) is 0 Å². The van der Waals surface area contributed by atoms with E-state index in [1.54, 1.807) is 29.2 Å². The van der Waals surface area contributed by atoms with Gasteiger partial charge in [0.1, 0.15) is 0 Å². The number of aliphatic carboxylic acids is 1. The predicted molar refractivity (Wildman–Crippen MR) is 65.3 cm³/mol. The minimum atomic E-state index is -0.875. The number of nitrogens with zero attached hydrogens (tertiary/aromatic N) is 1. The van der Waals surface area contributed by atoms with Gasteiger partial charge in [-0.15, -0.1) is 0 Å². The molecule has 0 aliphatic carbocycles. The lowest BCUT2D eigenvalue weighted by Gasteiger charge is -2.16. The lowest BCUT2D eigenvalue weighted by molar-refractivity contribution is -0.136. The molecule has 2 rings (SSSR count). The Morgan fingerprint density at radius 2 is 2.00 bits per heavy atom. The number of aliphatic hydroxyl groups excluding tert-OH is 1. The van der Waals surface area contributed by atoms with Crippen LogP contribution in [-0.2, 0) is 16.0 Å². The minimum absolute atomic E-state index is 0.0000320. The highest BCUT2D eigenvalue weighted by molar-refractivity contribution is 5.95. The molecule has 1 unspecified atom stereocenters.